The number of hydrogen-bond donors (Lipinski definition) is 2. The van der Waals surface area contributed by atoms with Crippen LogP contribution < -0.4 is 15.9 Å². The number of aromatic amines is 1. The molecule has 0 aliphatic carbocycles. The number of aromatic nitrogens is 3. The minimum Gasteiger partial charge on any atom is -0.507 e. The topological polar surface area (TPSA) is 110 Å². The lowest BCUT2D eigenvalue weighted by Crippen LogP contribution is -2.24. The van der Waals surface area contributed by atoms with Crippen molar-refractivity contribution in [3.8, 4) is 17.3 Å². The number of pyridine rings is 1. The van der Waals surface area contributed by atoms with Crippen molar-refractivity contribution in [3.05, 3.63) is 116 Å². The number of aryl methyl sites for hydroxylation is 1. The number of aromatic hydroxyl groups is 1. The third-order valence-electron chi connectivity index (χ3n) is 5.83. The summed E-state index contributed by atoms with van der Waals surface area (Å²) in [6, 6.07) is 19.2. The molecule has 0 amide bonds. The fourth-order valence-electron chi connectivity index (χ4n) is 4.22. The SMILES string of the molecule is COc1ccc(C(c2c(O)c3ccccc3oc2=O)c2c(C)[nH]n(-c3ccccc3)c2=O)cn1. The molecule has 8 nitrogen and oxygen atoms in total. The second-order valence-electron chi connectivity index (χ2n) is 7.84. The molecule has 5 rings (SSSR count). The van der Waals surface area contributed by atoms with Gasteiger partial charge in [0.1, 0.15) is 11.3 Å². The van der Waals surface area contributed by atoms with Gasteiger partial charge in [0.25, 0.3) is 5.56 Å². The van der Waals surface area contributed by atoms with Gasteiger partial charge in [-0.1, -0.05) is 36.4 Å². The number of rotatable bonds is 5. The van der Waals surface area contributed by atoms with Gasteiger partial charge in [-0.2, -0.15) is 0 Å². The summed E-state index contributed by atoms with van der Waals surface area (Å²) in [7, 11) is 1.50. The Hall–Kier alpha value is -4.59. The summed E-state index contributed by atoms with van der Waals surface area (Å²) in [6.45, 7) is 1.75. The molecular formula is C26H21N3O5. The number of H-pyrrole nitrogens is 1. The minimum absolute atomic E-state index is 0.0370. The van der Waals surface area contributed by atoms with Gasteiger partial charge in [0, 0.05) is 18.0 Å². The van der Waals surface area contributed by atoms with E-state index in [1.54, 1.807) is 55.5 Å². The number of nitrogens with zero attached hydrogens (tertiary/aromatic N) is 2. The summed E-state index contributed by atoms with van der Waals surface area (Å²) in [5, 5.41) is 14.7. The van der Waals surface area contributed by atoms with Crippen molar-refractivity contribution >= 4 is 11.0 Å². The van der Waals surface area contributed by atoms with Gasteiger partial charge in [0.15, 0.2) is 0 Å². The molecule has 34 heavy (non-hydrogen) atoms. The predicted molar refractivity (Wildman–Crippen MR) is 127 cm³/mol. The van der Waals surface area contributed by atoms with E-state index in [0.717, 1.165) is 0 Å². The molecule has 1 unspecified atom stereocenters. The van der Waals surface area contributed by atoms with Crippen LogP contribution in [0.15, 0.2) is 86.9 Å². The van der Waals surface area contributed by atoms with Crippen LogP contribution in [-0.4, -0.2) is 27.0 Å². The third kappa shape index (κ3) is 3.45. The van der Waals surface area contributed by atoms with Gasteiger partial charge in [0.05, 0.1) is 35.2 Å². The highest BCUT2D eigenvalue weighted by atomic mass is 16.5. The molecule has 2 N–H and O–H groups in total. The maximum Gasteiger partial charge on any atom is 0.344 e. The molecule has 3 aromatic heterocycles. The van der Waals surface area contributed by atoms with Crippen LogP contribution in [0.5, 0.6) is 11.6 Å². The van der Waals surface area contributed by atoms with Crippen molar-refractivity contribution in [1.82, 2.24) is 14.8 Å². The molecule has 1 atom stereocenters. The zero-order chi connectivity index (χ0) is 23.8. The second kappa shape index (κ2) is 8.40. The zero-order valence-electron chi connectivity index (χ0n) is 18.5. The molecule has 0 spiro atoms. The Morgan fingerprint density at radius 3 is 2.44 bits per heavy atom. The van der Waals surface area contributed by atoms with Crippen LogP contribution in [0.2, 0.25) is 0 Å². The molecule has 170 valence electrons. The zero-order valence-corrected chi connectivity index (χ0v) is 18.5. The van der Waals surface area contributed by atoms with Gasteiger partial charge in [-0.3, -0.25) is 9.89 Å². The van der Waals surface area contributed by atoms with Gasteiger partial charge >= 0.3 is 5.63 Å². The van der Waals surface area contributed by atoms with Gasteiger partial charge in [0.2, 0.25) is 5.88 Å². The molecule has 0 bridgehead atoms. The van der Waals surface area contributed by atoms with E-state index < -0.39 is 11.5 Å². The van der Waals surface area contributed by atoms with E-state index in [9.17, 15) is 14.7 Å². The Balaban J connectivity index is 1.82. The summed E-state index contributed by atoms with van der Waals surface area (Å²) in [4.78, 5) is 31.1. The standard InChI is InChI=1S/C26H21N3O5/c1-15-21(25(31)29(28-15)17-8-4-3-5-9-17)22(16-12-13-20(33-2)27-14-16)23-24(30)18-10-6-7-11-19(18)34-26(23)32/h3-14,22,28,30H,1-2H3. The van der Waals surface area contributed by atoms with Gasteiger partial charge in [-0.25, -0.2) is 14.5 Å². The van der Waals surface area contributed by atoms with Gasteiger partial charge < -0.3 is 14.3 Å². The number of benzene rings is 2. The van der Waals surface area contributed by atoms with E-state index >= 15 is 0 Å². The fraction of sp³-hybridized carbons (Fsp3) is 0.115. The van der Waals surface area contributed by atoms with E-state index in [-0.39, 0.29) is 22.5 Å². The van der Waals surface area contributed by atoms with Crippen molar-refractivity contribution < 1.29 is 14.3 Å². The molecule has 0 aliphatic rings. The smallest absolute Gasteiger partial charge is 0.344 e. The minimum atomic E-state index is -0.937. The average Bonchev–Trinajstić information content (AvgIpc) is 3.16. The summed E-state index contributed by atoms with van der Waals surface area (Å²) in [5.74, 6) is -0.795. The summed E-state index contributed by atoms with van der Waals surface area (Å²) in [6.07, 6.45) is 1.52. The van der Waals surface area contributed by atoms with E-state index in [4.69, 9.17) is 9.15 Å². The van der Waals surface area contributed by atoms with E-state index in [0.29, 0.717) is 33.8 Å². The Morgan fingerprint density at radius 1 is 1.00 bits per heavy atom. The molecule has 0 radical (unpaired) electrons. The lowest BCUT2D eigenvalue weighted by molar-refractivity contribution is 0.397. The molecule has 0 saturated carbocycles. The predicted octanol–water partition coefficient (Wildman–Crippen LogP) is 3.87. The summed E-state index contributed by atoms with van der Waals surface area (Å²) in [5.41, 5.74) is 1.15. The first kappa shape index (κ1) is 21.3. The van der Waals surface area contributed by atoms with E-state index in [1.807, 2.05) is 18.2 Å². The number of para-hydroxylation sites is 2. The second-order valence-corrected chi connectivity index (χ2v) is 7.84. The highest BCUT2D eigenvalue weighted by Crippen LogP contribution is 2.38. The van der Waals surface area contributed by atoms with Crippen LogP contribution in [0.4, 0.5) is 0 Å². The van der Waals surface area contributed by atoms with Crippen LogP contribution >= 0.6 is 0 Å². The Labute approximate surface area is 193 Å². The van der Waals surface area contributed by atoms with E-state index in [1.165, 1.54) is 18.0 Å². The van der Waals surface area contributed by atoms with Crippen molar-refractivity contribution in [2.45, 2.75) is 12.8 Å². The first-order valence-corrected chi connectivity index (χ1v) is 10.6. The van der Waals surface area contributed by atoms with Crippen LogP contribution in [0.25, 0.3) is 16.7 Å². The van der Waals surface area contributed by atoms with Crippen molar-refractivity contribution in [3.63, 3.8) is 0 Å². The number of fused-ring (bicyclic) bond motifs is 1. The lowest BCUT2D eigenvalue weighted by atomic mass is 9.86. The lowest BCUT2D eigenvalue weighted by Gasteiger charge is -2.18. The largest absolute Gasteiger partial charge is 0.507 e. The third-order valence-corrected chi connectivity index (χ3v) is 5.83. The number of nitrogens with one attached hydrogen (secondary N) is 1. The van der Waals surface area contributed by atoms with Crippen LogP contribution in [0, 0.1) is 6.92 Å². The van der Waals surface area contributed by atoms with E-state index in [2.05, 4.69) is 10.1 Å². The number of methoxy groups -OCH3 is 1. The summed E-state index contributed by atoms with van der Waals surface area (Å²) < 4.78 is 12.1. The Kier molecular flexibility index (Phi) is 5.25. The first-order chi connectivity index (χ1) is 16.5. The molecule has 5 aromatic rings. The maximum atomic E-state index is 13.7. The Bertz CT molecular complexity index is 1600. The highest BCUT2D eigenvalue weighted by Gasteiger charge is 2.32. The molecule has 0 aliphatic heterocycles. The molecule has 8 heteroatoms. The Morgan fingerprint density at radius 2 is 1.74 bits per heavy atom. The number of ether oxygens (including phenoxy) is 1. The summed E-state index contributed by atoms with van der Waals surface area (Å²) >= 11 is 0. The molecule has 2 aromatic carbocycles. The molecule has 3 heterocycles. The van der Waals surface area contributed by atoms with Crippen LogP contribution in [0.3, 0.4) is 0 Å². The van der Waals surface area contributed by atoms with Crippen LogP contribution in [-0.2, 0) is 0 Å². The van der Waals surface area contributed by atoms with Crippen molar-refractivity contribution in [2.75, 3.05) is 7.11 Å². The average molecular weight is 455 g/mol. The molecule has 0 saturated heterocycles. The highest BCUT2D eigenvalue weighted by molar-refractivity contribution is 5.84. The number of hydrogen-bond acceptors (Lipinski definition) is 6. The monoisotopic (exact) mass is 455 g/mol. The van der Waals surface area contributed by atoms with Crippen molar-refractivity contribution in [2.24, 2.45) is 0 Å². The maximum absolute atomic E-state index is 13.7. The molecular weight excluding hydrogens is 434 g/mol. The quantitative estimate of drug-likeness (QED) is 0.389. The molecule has 0 fully saturated rings. The van der Waals surface area contributed by atoms with Gasteiger partial charge in [-0.15, -0.1) is 0 Å². The fourth-order valence-corrected chi connectivity index (χ4v) is 4.22. The van der Waals surface area contributed by atoms with Gasteiger partial charge in [-0.05, 0) is 36.8 Å². The normalized spacial score (nSPS) is 12.1. The van der Waals surface area contributed by atoms with Crippen LogP contribution in [0.1, 0.15) is 28.3 Å². The first-order valence-electron chi connectivity index (χ1n) is 10.6. The van der Waals surface area contributed by atoms with Crippen molar-refractivity contribution in [1.29, 1.82) is 0 Å².